The van der Waals surface area contributed by atoms with E-state index in [0.29, 0.717) is 6.54 Å². The Kier molecular flexibility index (Phi) is 6.01. The number of nitrogens with zero attached hydrogens (tertiary/aromatic N) is 1. The van der Waals surface area contributed by atoms with Gasteiger partial charge < -0.3 is 19.9 Å². The van der Waals surface area contributed by atoms with Gasteiger partial charge in [-0.1, -0.05) is 29.8 Å². The number of nitrogens with one attached hydrogen (secondary N) is 2. The van der Waals surface area contributed by atoms with Crippen LogP contribution < -0.4 is 10.6 Å². The lowest BCUT2D eigenvalue weighted by molar-refractivity contribution is -0.142. The summed E-state index contributed by atoms with van der Waals surface area (Å²) < 4.78 is 6.65. The van der Waals surface area contributed by atoms with Gasteiger partial charge in [-0.3, -0.25) is 0 Å². The van der Waals surface area contributed by atoms with Gasteiger partial charge in [-0.05, 0) is 31.5 Å². The Labute approximate surface area is 141 Å². The Morgan fingerprint density at radius 2 is 2.04 bits per heavy atom. The van der Waals surface area contributed by atoms with Crippen molar-refractivity contribution in [3.8, 4) is 0 Å². The van der Waals surface area contributed by atoms with E-state index in [0.717, 1.165) is 12.2 Å². The molecule has 0 unspecified atom stereocenters. The average Bonchev–Trinajstić information content (AvgIpc) is 2.99. The lowest BCUT2D eigenvalue weighted by atomic mass is 10.1. The number of ether oxygens (including phenoxy) is 1. The predicted molar refractivity (Wildman–Crippen MR) is 91.6 cm³/mol. The van der Waals surface area contributed by atoms with Crippen molar-refractivity contribution in [2.45, 2.75) is 33.0 Å². The minimum atomic E-state index is -0.686. The molecule has 2 amide bonds. The smallest absolute Gasteiger partial charge is 0.328 e. The molecule has 2 rings (SSSR count). The molecule has 6 nitrogen and oxygen atoms in total. The number of esters is 1. The first kappa shape index (κ1) is 17.6. The summed E-state index contributed by atoms with van der Waals surface area (Å²) in [6, 6.07) is 11.1. The van der Waals surface area contributed by atoms with E-state index in [4.69, 9.17) is 0 Å². The maximum Gasteiger partial charge on any atom is 0.328 e. The van der Waals surface area contributed by atoms with E-state index in [1.165, 1.54) is 18.2 Å². The maximum absolute atomic E-state index is 11.8. The third-order valence-electron chi connectivity index (χ3n) is 3.69. The van der Waals surface area contributed by atoms with Gasteiger partial charge in [0.05, 0.1) is 13.7 Å². The van der Waals surface area contributed by atoms with Gasteiger partial charge in [0.2, 0.25) is 0 Å². The summed E-state index contributed by atoms with van der Waals surface area (Å²) in [5.74, 6) is -0.479. The summed E-state index contributed by atoms with van der Waals surface area (Å²) in [4.78, 5) is 23.1. The minimum absolute atomic E-state index is 0.374. The first-order chi connectivity index (χ1) is 11.5. The first-order valence-electron chi connectivity index (χ1n) is 7.81. The second-order valence-electron chi connectivity index (χ2n) is 5.69. The number of urea groups is 1. The molecule has 0 radical (unpaired) electrons. The molecule has 0 saturated carbocycles. The van der Waals surface area contributed by atoms with Crippen molar-refractivity contribution in [3.63, 3.8) is 0 Å². The van der Waals surface area contributed by atoms with Gasteiger partial charge in [-0.25, -0.2) is 9.59 Å². The highest BCUT2D eigenvalue weighted by molar-refractivity contribution is 5.83. The molecule has 2 N–H and O–H groups in total. The molecule has 0 aliphatic rings. The molecule has 1 aromatic carbocycles. The summed E-state index contributed by atoms with van der Waals surface area (Å²) in [6.07, 6.45) is 1.98. The third kappa shape index (κ3) is 4.87. The highest BCUT2D eigenvalue weighted by Gasteiger charge is 2.15. The van der Waals surface area contributed by atoms with E-state index in [1.807, 2.05) is 24.4 Å². The second kappa shape index (κ2) is 8.19. The third-order valence-corrected chi connectivity index (χ3v) is 3.69. The van der Waals surface area contributed by atoms with Crippen LogP contribution in [0.1, 0.15) is 23.7 Å². The van der Waals surface area contributed by atoms with Crippen molar-refractivity contribution >= 4 is 12.0 Å². The summed E-state index contributed by atoms with van der Waals surface area (Å²) in [5, 5.41) is 5.29. The molecule has 0 bridgehead atoms. The van der Waals surface area contributed by atoms with Gasteiger partial charge in [0, 0.05) is 18.4 Å². The molecule has 0 spiro atoms. The van der Waals surface area contributed by atoms with Crippen LogP contribution in [0, 0.1) is 6.92 Å². The fraction of sp³-hybridized carbons (Fsp3) is 0.333. The lowest BCUT2D eigenvalue weighted by Crippen LogP contribution is -2.44. The van der Waals surface area contributed by atoms with E-state index in [2.05, 4.69) is 45.1 Å². The molecule has 0 aliphatic carbocycles. The van der Waals surface area contributed by atoms with Crippen LogP contribution in [0.5, 0.6) is 0 Å². The molecule has 1 atom stereocenters. The van der Waals surface area contributed by atoms with Crippen molar-refractivity contribution in [1.29, 1.82) is 0 Å². The van der Waals surface area contributed by atoms with Crippen LogP contribution in [0.2, 0.25) is 0 Å². The van der Waals surface area contributed by atoms with Gasteiger partial charge in [0.1, 0.15) is 6.04 Å². The number of amides is 2. The quantitative estimate of drug-likeness (QED) is 0.798. The van der Waals surface area contributed by atoms with E-state index in [-0.39, 0.29) is 0 Å². The summed E-state index contributed by atoms with van der Waals surface area (Å²) in [7, 11) is 1.29. The highest BCUT2D eigenvalue weighted by Crippen LogP contribution is 2.09. The summed E-state index contributed by atoms with van der Waals surface area (Å²) in [6.45, 7) is 4.75. The number of hydrogen-bond acceptors (Lipinski definition) is 3. The number of aromatic nitrogens is 1. The number of hydrogen-bond donors (Lipinski definition) is 2. The van der Waals surface area contributed by atoms with Crippen LogP contribution in [0.4, 0.5) is 4.79 Å². The largest absolute Gasteiger partial charge is 0.467 e. The normalized spacial score (nSPS) is 11.6. The van der Waals surface area contributed by atoms with Gasteiger partial charge in [0.25, 0.3) is 0 Å². The number of methoxy groups -OCH3 is 1. The molecule has 0 saturated heterocycles. The van der Waals surface area contributed by atoms with Crippen molar-refractivity contribution in [2.24, 2.45) is 0 Å². The maximum atomic E-state index is 11.8. The van der Waals surface area contributed by atoms with Crippen LogP contribution in [0.25, 0.3) is 0 Å². The molecule has 128 valence electrons. The van der Waals surface area contributed by atoms with Crippen LogP contribution >= 0.6 is 0 Å². The zero-order chi connectivity index (χ0) is 17.5. The molecule has 0 fully saturated rings. The Balaban J connectivity index is 1.91. The lowest BCUT2D eigenvalue weighted by Gasteiger charge is -2.14. The zero-order valence-electron chi connectivity index (χ0n) is 14.2. The standard InChI is InChI=1S/C18H23N3O3/c1-13-6-4-7-15(10-13)12-21-9-5-8-16(21)11-19-18(23)20-14(2)17(22)24-3/h4-10,14H,11-12H2,1-3H3,(H2,19,20,23)/t14-/m0/s1. The van der Waals surface area contributed by atoms with E-state index < -0.39 is 18.0 Å². The molecule has 24 heavy (non-hydrogen) atoms. The van der Waals surface area contributed by atoms with Gasteiger partial charge in [-0.2, -0.15) is 0 Å². The predicted octanol–water partition coefficient (Wildman–Crippen LogP) is 2.21. The van der Waals surface area contributed by atoms with E-state index in [9.17, 15) is 9.59 Å². The Hall–Kier alpha value is -2.76. The molecule has 1 heterocycles. The molecule has 6 heteroatoms. The Morgan fingerprint density at radius 3 is 2.75 bits per heavy atom. The van der Waals surface area contributed by atoms with Gasteiger partial charge in [-0.15, -0.1) is 0 Å². The van der Waals surface area contributed by atoms with Crippen LogP contribution in [-0.2, 0) is 22.6 Å². The first-order valence-corrected chi connectivity index (χ1v) is 7.81. The number of rotatable bonds is 6. The number of benzene rings is 1. The highest BCUT2D eigenvalue weighted by atomic mass is 16.5. The Morgan fingerprint density at radius 1 is 1.25 bits per heavy atom. The SMILES string of the molecule is COC(=O)[C@H](C)NC(=O)NCc1cccn1Cc1cccc(C)c1. The summed E-state index contributed by atoms with van der Waals surface area (Å²) >= 11 is 0. The molecular formula is C18H23N3O3. The number of carbonyl (C=O) groups excluding carboxylic acids is 2. The van der Waals surface area contributed by atoms with Crippen molar-refractivity contribution < 1.29 is 14.3 Å². The average molecular weight is 329 g/mol. The summed E-state index contributed by atoms with van der Waals surface area (Å²) in [5.41, 5.74) is 3.41. The molecule has 1 aromatic heterocycles. The number of aryl methyl sites for hydroxylation is 1. The van der Waals surface area contributed by atoms with Crippen LogP contribution in [-0.4, -0.2) is 29.7 Å². The van der Waals surface area contributed by atoms with Crippen LogP contribution in [0.3, 0.4) is 0 Å². The topological polar surface area (TPSA) is 72.4 Å². The minimum Gasteiger partial charge on any atom is -0.467 e. The fourth-order valence-electron chi connectivity index (χ4n) is 2.43. The molecular weight excluding hydrogens is 306 g/mol. The van der Waals surface area contributed by atoms with Gasteiger partial charge >= 0.3 is 12.0 Å². The number of carbonyl (C=O) groups is 2. The van der Waals surface area contributed by atoms with Crippen molar-refractivity contribution in [3.05, 3.63) is 59.4 Å². The Bertz CT molecular complexity index is 709. The van der Waals surface area contributed by atoms with Gasteiger partial charge in [0.15, 0.2) is 0 Å². The monoisotopic (exact) mass is 329 g/mol. The van der Waals surface area contributed by atoms with Crippen molar-refractivity contribution in [1.82, 2.24) is 15.2 Å². The van der Waals surface area contributed by atoms with Crippen molar-refractivity contribution in [2.75, 3.05) is 7.11 Å². The molecule has 2 aromatic rings. The van der Waals surface area contributed by atoms with Crippen LogP contribution in [0.15, 0.2) is 42.6 Å². The van der Waals surface area contributed by atoms with E-state index >= 15 is 0 Å². The van der Waals surface area contributed by atoms with E-state index in [1.54, 1.807) is 6.92 Å². The zero-order valence-corrected chi connectivity index (χ0v) is 14.2. The molecule has 0 aliphatic heterocycles. The second-order valence-corrected chi connectivity index (χ2v) is 5.69. The fourth-order valence-corrected chi connectivity index (χ4v) is 2.43.